The molecule has 0 aromatic heterocycles. The smallest absolute Gasteiger partial charge is 0.270 e. The fraction of sp³-hybridized carbons (Fsp3) is 0.857. The lowest BCUT2D eigenvalue weighted by Crippen LogP contribution is -2.45. The molecule has 0 saturated carbocycles. The Bertz CT molecular complexity index is 202. The molecule has 1 unspecified atom stereocenters. The van der Waals surface area contributed by atoms with Gasteiger partial charge in [-0.3, -0.25) is 9.91 Å². The highest BCUT2D eigenvalue weighted by Crippen LogP contribution is 2.35. The van der Waals surface area contributed by atoms with E-state index in [-0.39, 0.29) is 6.17 Å². The summed E-state index contributed by atoms with van der Waals surface area (Å²) in [7, 11) is 0. The Morgan fingerprint density at radius 2 is 2.00 bits per heavy atom. The number of hydrogen-bond donors (Lipinski definition) is 0. The van der Waals surface area contributed by atoms with E-state index in [4.69, 9.17) is 34.8 Å². The molecule has 0 fully saturated rings. The lowest BCUT2D eigenvalue weighted by Gasteiger charge is -2.33. The minimum atomic E-state index is -1.41. The van der Waals surface area contributed by atoms with Crippen molar-refractivity contribution in [1.82, 2.24) is 9.91 Å². The SMILES string of the molecule is CCC1N(CC)N=CN1C(Cl)(Cl)Cl. The zero-order valence-corrected chi connectivity index (χ0v) is 9.81. The van der Waals surface area contributed by atoms with Crippen LogP contribution in [0.2, 0.25) is 0 Å². The number of rotatable bonds is 2. The third-order valence-electron chi connectivity index (χ3n) is 1.97. The quantitative estimate of drug-likeness (QED) is 0.549. The van der Waals surface area contributed by atoms with Gasteiger partial charge in [0.15, 0.2) is 0 Å². The number of halogens is 3. The van der Waals surface area contributed by atoms with E-state index in [0.29, 0.717) is 0 Å². The molecule has 0 N–H and O–H groups in total. The molecule has 1 atom stereocenters. The predicted octanol–water partition coefficient (Wildman–Crippen LogP) is 2.63. The third kappa shape index (κ3) is 2.33. The summed E-state index contributed by atoms with van der Waals surface area (Å²) in [6, 6.07) is 0. The molecule has 0 radical (unpaired) electrons. The first kappa shape index (κ1) is 11.2. The molecule has 0 spiro atoms. The monoisotopic (exact) mass is 243 g/mol. The second-order valence-corrected chi connectivity index (χ2v) is 4.97. The molecule has 0 aliphatic carbocycles. The van der Waals surface area contributed by atoms with E-state index < -0.39 is 3.92 Å². The molecule has 3 nitrogen and oxygen atoms in total. The predicted molar refractivity (Wildman–Crippen MR) is 57.1 cm³/mol. The largest absolute Gasteiger partial charge is 0.295 e. The molecule has 6 heteroatoms. The number of nitrogens with zero attached hydrogens (tertiary/aromatic N) is 3. The number of alkyl halides is 3. The van der Waals surface area contributed by atoms with Crippen molar-refractivity contribution < 1.29 is 0 Å². The molecule has 1 aliphatic heterocycles. The summed E-state index contributed by atoms with van der Waals surface area (Å²) in [6.07, 6.45) is 2.49. The second kappa shape index (κ2) is 4.11. The van der Waals surface area contributed by atoms with Crippen LogP contribution in [0, 0.1) is 0 Å². The van der Waals surface area contributed by atoms with Crippen LogP contribution in [0.1, 0.15) is 20.3 Å². The molecular formula is C7H12Cl3N3. The van der Waals surface area contributed by atoms with Gasteiger partial charge >= 0.3 is 0 Å². The lowest BCUT2D eigenvalue weighted by molar-refractivity contribution is 0.132. The number of hydrazone groups is 1. The van der Waals surface area contributed by atoms with Gasteiger partial charge in [0.05, 0.1) is 0 Å². The molecule has 0 aromatic rings. The summed E-state index contributed by atoms with van der Waals surface area (Å²) in [4.78, 5) is 1.63. The summed E-state index contributed by atoms with van der Waals surface area (Å²) in [5.74, 6) is 0. The third-order valence-corrected chi connectivity index (χ3v) is 2.56. The molecule has 0 saturated heterocycles. The van der Waals surface area contributed by atoms with Crippen molar-refractivity contribution in [3.63, 3.8) is 0 Å². The second-order valence-electron chi connectivity index (χ2n) is 2.75. The van der Waals surface area contributed by atoms with Crippen molar-refractivity contribution >= 4 is 41.1 Å². The molecule has 13 heavy (non-hydrogen) atoms. The zero-order valence-electron chi connectivity index (χ0n) is 7.54. The van der Waals surface area contributed by atoms with E-state index in [1.54, 1.807) is 11.2 Å². The van der Waals surface area contributed by atoms with Gasteiger partial charge in [-0.15, -0.1) is 0 Å². The van der Waals surface area contributed by atoms with Gasteiger partial charge in [-0.25, -0.2) is 0 Å². The van der Waals surface area contributed by atoms with Crippen LogP contribution in [0.3, 0.4) is 0 Å². The average Bonchev–Trinajstić information content (AvgIpc) is 2.45. The van der Waals surface area contributed by atoms with Crippen LogP contribution in [-0.4, -0.2) is 32.9 Å². The zero-order chi connectivity index (χ0) is 10.1. The van der Waals surface area contributed by atoms with Gasteiger partial charge in [-0.2, -0.15) is 5.10 Å². The van der Waals surface area contributed by atoms with Crippen LogP contribution in [-0.2, 0) is 0 Å². The van der Waals surface area contributed by atoms with Crippen molar-refractivity contribution in [3.8, 4) is 0 Å². The summed E-state index contributed by atoms with van der Waals surface area (Å²) in [5.41, 5.74) is 0. The maximum Gasteiger partial charge on any atom is 0.270 e. The van der Waals surface area contributed by atoms with Crippen LogP contribution >= 0.6 is 34.8 Å². The maximum absolute atomic E-state index is 5.77. The standard InChI is InChI=1S/C7H12Cl3N3/c1-3-6-12(7(8,9)10)5-11-13(6)4-2/h5-6H,3-4H2,1-2H3. The fourth-order valence-corrected chi connectivity index (χ4v) is 1.82. The average molecular weight is 245 g/mol. The van der Waals surface area contributed by atoms with E-state index in [2.05, 4.69) is 5.10 Å². The Labute approximate surface area is 93.2 Å². The van der Waals surface area contributed by atoms with Crippen LogP contribution < -0.4 is 0 Å². The van der Waals surface area contributed by atoms with Gasteiger partial charge in [0.25, 0.3) is 3.92 Å². The Morgan fingerprint density at radius 3 is 2.38 bits per heavy atom. The first-order chi connectivity index (χ1) is 6.00. The molecule has 76 valence electrons. The highest BCUT2D eigenvalue weighted by Gasteiger charge is 2.38. The van der Waals surface area contributed by atoms with Crippen molar-refractivity contribution in [2.45, 2.75) is 30.4 Å². The Hall–Kier alpha value is 0.140. The van der Waals surface area contributed by atoms with Gasteiger partial charge in [-0.05, 0) is 13.3 Å². The van der Waals surface area contributed by atoms with Gasteiger partial charge < -0.3 is 0 Å². The highest BCUT2D eigenvalue weighted by molar-refractivity contribution is 6.67. The van der Waals surface area contributed by atoms with Crippen LogP contribution in [0.25, 0.3) is 0 Å². The molecular weight excluding hydrogens is 232 g/mol. The van der Waals surface area contributed by atoms with E-state index in [0.717, 1.165) is 13.0 Å². The van der Waals surface area contributed by atoms with Crippen LogP contribution in [0.4, 0.5) is 0 Å². The van der Waals surface area contributed by atoms with Crippen molar-refractivity contribution in [3.05, 3.63) is 0 Å². The minimum absolute atomic E-state index is 0.0532. The molecule has 0 aromatic carbocycles. The van der Waals surface area contributed by atoms with E-state index in [1.807, 2.05) is 18.9 Å². The molecule has 0 bridgehead atoms. The van der Waals surface area contributed by atoms with Gasteiger partial charge in [-0.1, -0.05) is 41.7 Å². The Morgan fingerprint density at radius 1 is 1.38 bits per heavy atom. The first-order valence-corrected chi connectivity index (χ1v) is 5.30. The maximum atomic E-state index is 5.77. The minimum Gasteiger partial charge on any atom is -0.295 e. The van der Waals surface area contributed by atoms with Crippen molar-refractivity contribution in [2.24, 2.45) is 5.10 Å². The number of hydrogen-bond acceptors (Lipinski definition) is 3. The summed E-state index contributed by atoms with van der Waals surface area (Å²) < 4.78 is -1.41. The van der Waals surface area contributed by atoms with E-state index in [9.17, 15) is 0 Å². The lowest BCUT2D eigenvalue weighted by atomic mass is 10.3. The topological polar surface area (TPSA) is 18.8 Å². The van der Waals surface area contributed by atoms with Gasteiger partial charge in [0.2, 0.25) is 0 Å². The van der Waals surface area contributed by atoms with Gasteiger partial charge in [0, 0.05) is 6.54 Å². The summed E-state index contributed by atoms with van der Waals surface area (Å²) in [6.45, 7) is 4.86. The Balaban J connectivity index is 2.74. The van der Waals surface area contributed by atoms with Crippen molar-refractivity contribution in [2.75, 3.05) is 6.54 Å². The molecule has 1 aliphatic rings. The summed E-state index contributed by atoms with van der Waals surface area (Å²) in [5, 5.41) is 6.03. The normalized spacial score (nSPS) is 23.0. The summed E-state index contributed by atoms with van der Waals surface area (Å²) >= 11 is 17.3. The first-order valence-electron chi connectivity index (χ1n) is 4.16. The van der Waals surface area contributed by atoms with Gasteiger partial charge in [0.1, 0.15) is 12.5 Å². The van der Waals surface area contributed by atoms with E-state index in [1.165, 1.54) is 0 Å². The van der Waals surface area contributed by atoms with Crippen molar-refractivity contribution in [1.29, 1.82) is 0 Å². The highest BCUT2D eigenvalue weighted by atomic mass is 35.6. The molecule has 1 heterocycles. The Kier molecular flexibility index (Phi) is 3.55. The van der Waals surface area contributed by atoms with E-state index >= 15 is 0 Å². The van der Waals surface area contributed by atoms with Crippen LogP contribution in [0.15, 0.2) is 5.10 Å². The fourth-order valence-electron chi connectivity index (χ4n) is 1.35. The van der Waals surface area contributed by atoms with Crippen LogP contribution in [0.5, 0.6) is 0 Å². The molecule has 0 amide bonds. The molecule has 1 rings (SSSR count).